The summed E-state index contributed by atoms with van der Waals surface area (Å²) < 4.78 is 25.0. The molecule has 2 atom stereocenters. The van der Waals surface area contributed by atoms with E-state index in [0.29, 0.717) is 48.4 Å². The van der Waals surface area contributed by atoms with Crippen molar-refractivity contribution < 1.29 is 23.4 Å². The lowest BCUT2D eigenvalue weighted by Crippen LogP contribution is -2.54. The van der Waals surface area contributed by atoms with E-state index in [1.807, 2.05) is 17.9 Å². The van der Waals surface area contributed by atoms with Crippen LogP contribution in [0.5, 0.6) is 5.75 Å². The molecule has 3 aromatic rings. The number of piperidine rings is 1. The SMILES string of the molecule is Cc1c(CCC(=O)N2CC[C@@]3(O)CCCC[C@@H]3C2)c(=O)oc2cc(OCc3cccc(F)c3Cl)ccc12. The molecule has 1 aliphatic carbocycles. The Kier molecular flexibility index (Phi) is 7.28. The fraction of sp³-hybridized carbons (Fsp3) is 0.448. The molecule has 196 valence electrons. The summed E-state index contributed by atoms with van der Waals surface area (Å²) >= 11 is 6.00. The van der Waals surface area contributed by atoms with Crippen LogP contribution in [-0.4, -0.2) is 34.6 Å². The van der Waals surface area contributed by atoms with Crippen molar-refractivity contribution in [2.75, 3.05) is 13.1 Å². The average molecular weight is 528 g/mol. The minimum Gasteiger partial charge on any atom is -0.489 e. The number of halogens is 2. The van der Waals surface area contributed by atoms with Gasteiger partial charge in [0.25, 0.3) is 0 Å². The number of fused-ring (bicyclic) bond motifs is 2. The molecule has 5 rings (SSSR count). The summed E-state index contributed by atoms with van der Waals surface area (Å²) in [5.74, 6) is 0.0989. The molecule has 1 aromatic heterocycles. The molecule has 1 aliphatic heterocycles. The van der Waals surface area contributed by atoms with Gasteiger partial charge in [0.1, 0.15) is 23.8 Å². The zero-order chi connectivity index (χ0) is 26.2. The number of hydrogen-bond acceptors (Lipinski definition) is 5. The molecule has 0 spiro atoms. The number of aryl methyl sites for hydroxylation is 1. The largest absolute Gasteiger partial charge is 0.489 e. The Morgan fingerprint density at radius 1 is 1.27 bits per heavy atom. The number of hydrogen-bond donors (Lipinski definition) is 1. The summed E-state index contributed by atoms with van der Waals surface area (Å²) in [5.41, 5.74) is 1.07. The van der Waals surface area contributed by atoms with Crippen molar-refractivity contribution in [2.24, 2.45) is 5.92 Å². The maximum Gasteiger partial charge on any atom is 0.339 e. The molecule has 1 amide bonds. The van der Waals surface area contributed by atoms with Gasteiger partial charge in [-0.15, -0.1) is 0 Å². The third kappa shape index (κ3) is 5.25. The second-order valence-electron chi connectivity index (χ2n) is 10.3. The number of rotatable bonds is 6. The lowest BCUT2D eigenvalue weighted by molar-refractivity contribution is -0.143. The van der Waals surface area contributed by atoms with Crippen LogP contribution >= 0.6 is 11.6 Å². The smallest absolute Gasteiger partial charge is 0.339 e. The van der Waals surface area contributed by atoms with Crippen LogP contribution in [0.15, 0.2) is 45.6 Å². The van der Waals surface area contributed by atoms with E-state index in [-0.39, 0.29) is 29.9 Å². The summed E-state index contributed by atoms with van der Waals surface area (Å²) in [6.07, 6.45) is 5.06. The van der Waals surface area contributed by atoms with E-state index in [4.69, 9.17) is 20.8 Å². The van der Waals surface area contributed by atoms with Crippen molar-refractivity contribution >= 4 is 28.5 Å². The predicted molar refractivity (Wildman–Crippen MR) is 139 cm³/mol. The van der Waals surface area contributed by atoms with Crippen LogP contribution < -0.4 is 10.4 Å². The Hall–Kier alpha value is -2.90. The molecule has 37 heavy (non-hydrogen) atoms. The number of carbonyl (C=O) groups excluding carboxylic acids is 1. The van der Waals surface area contributed by atoms with Gasteiger partial charge in [-0.3, -0.25) is 4.79 Å². The van der Waals surface area contributed by atoms with Crippen molar-refractivity contribution in [1.29, 1.82) is 0 Å². The Balaban J connectivity index is 1.26. The average Bonchev–Trinajstić information content (AvgIpc) is 2.88. The van der Waals surface area contributed by atoms with E-state index in [2.05, 4.69) is 0 Å². The van der Waals surface area contributed by atoms with Gasteiger partial charge in [0.2, 0.25) is 5.91 Å². The van der Waals surface area contributed by atoms with Crippen LogP contribution in [0.1, 0.15) is 55.2 Å². The third-order valence-corrected chi connectivity index (χ3v) is 8.48. The van der Waals surface area contributed by atoms with E-state index in [9.17, 15) is 19.1 Å². The second-order valence-corrected chi connectivity index (χ2v) is 10.7. The number of carbonyl (C=O) groups is 1. The number of benzene rings is 2. The monoisotopic (exact) mass is 527 g/mol. The predicted octanol–water partition coefficient (Wildman–Crippen LogP) is 5.56. The van der Waals surface area contributed by atoms with Crippen LogP contribution in [0.25, 0.3) is 11.0 Å². The molecular weight excluding hydrogens is 497 g/mol. The molecule has 2 fully saturated rings. The van der Waals surface area contributed by atoms with Crippen LogP contribution in [0.4, 0.5) is 4.39 Å². The highest BCUT2D eigenvalue weighted by Gasteiger charge is 2.43. The Morgan fingerprint density at radius 2 is 2.11 bits per heavy atom. The van der Waals surface area contributed by atoms with Crippen LogP contribution in [0, 0.1) is 18.7 Å². The number of aliphatic hydroxyl groups is 1. The van der Waals surface area contributed by atoms with Gasteiger partial charge >= 0.3 is 5.63 Å². The second kappa shape index (κ2) is 10.5. The zero-order valence-corrected chi connectivity index (χ0v) is 21.7. The topological polar surface area (TPSA) is 80.0 Å². The number of likely N-dealkylation sites (tertiary alicyclic amines) is 1. The molecule has 2 heterocycles. The molecule has 1 N–H and O–H groups in total. The molecular formula is C29H31ClFNO5. The van der Waals surface area contributed by atoms with E-state index >= 15 is 0 Å². The van der Waals surface area contributed by atoms with Gasteiger partial charge in [0.05, 0.1) is 10.6 Å². The van der Waals surface area contributed by atoms with Crippen molar-refractivity contribution in [3.63, 3.8) is 0 Å². The van der Waals surface area contributed by atoms with Gasteiger partial charge in [-0.05, 0) is 56.4 Å². The fourth-order valence-electron chi connectivity index (χ4n) is 5.76. The maximum absolute atomic E-state index is 13.7. The molecule has 2 aliphatic rings. The summed E-state index contributed by atoms with van der Waals surface area (Å²) in [7, 11) is 0. The summed E-state index contributed by atoms with van der Waals surface area (Å²) in [4.78, 5) is 27.6. The van der Waals surface area contributed by atoms with E-state index in [1.54, 1.807) is 24.3 Å². The van der Waals surface area contributed by atoms with Gasteiger partial charge in [0, 0.05) is 48.0 Å². The van der Waals surface area contributed by atoms with Crippen molar-refractivity contribution in [1.82, 2.24) is 4.90 Å². The summed E-state index contributed by atoms with van der Waals surface area (Å²) in [6.45, 7) is 3.07. The third-order valence-electron chi connectivity index (χ3n) is 8.05. The highest BCUT2D eigenvalue weighted by molar-refractivity contribution is 6.31. The lowest BCUT2D eigenvalue weighted by atomic mass is 9.71. The molecule has 1 saturated carbocycles. The van der Waals surface area contributed by atoms with Gasteiger partial charge < -0.3 is 19.2 Å². The molecule has 8 heteroatoms. The highest BCUT2D eigenvalue weighted by atomic mass is 35.5. The fourth-order valence-corrected chi connectivity index (χ4v) is 5.94. The molecule has 0 unspecified atom stereocenters. The number of nitrogens with zero attached hydrogens (tertiary/aromatic N) is 1. The van der Waals surface area contributed by atoms with Crippen molar-refractivity contribution in [3.05, 3.63) is 74.3 Å². The van der Waals surface area contributed by atoms with Gasteiger partial charge in [0.15, 0.2) is 0 Å². The van der Waals surface area contributed by atoms with Gasteiger partial charge in [-0.1, -0.05) is 36.6 Å². The van der Waals surface area contributed by atoms with Gasteiger partial charge in [-0.25, -0.2) is 9.18 Å². The summed E-state index contributed by atoms with van der Waals surface area (Å²) in [5, 5.41) is 11.7. The summed E-state index contributed by atoms with van der Waals surface area (Å²) in [6, 6.07) is 9.74. The maximum atomic E-state index is 13.7. The first kappa shape index (κ1) is 25.7. The molecule has 0 bridgehead atoms. The minimum atomic E-state index is -0.628. The highest BCUT2D eigenvalue weighted by Crippen LogP contribution is 2.40. The van der Waals surface area contributed by atoms with Gasteiger partial charge in [-0.2, -0.15) is 0 Å². The first-order valence-corrected chi connectivity index (χ1v) is 13.2. The first-order chi connectivity index (χ1) is 17.7. The zero-order valence-electron chi connectivity index (χ0n) is 20.9. The Labute approximate surface area is 220 Å². The van der Waals surface area contributed by atoms with Crippen LogP contribution in [-0.2, 0) is 17.8 Å². The molecule has 0 radical (unpaired) electrons. The first-order valence-electron chi connectivity index (χ1n) is 12.9. The van der Waals surface area contributed by atoms with E-state index in [1.165, 1.54) is 6.07 Å². The number of amides is 1. The molecule has 1 saturated heterocycles. The van der Waals surface area contributed by atoms with Crippen molar-refractivity contribution in [3.8, 4) is 5.75 Å². The Morgan fingerprint density at radius 3 is 2.95 bits per heavy atom. The lowest BCUT2D eigenvalue weighted by Gasteiger charge is -2.47. The normalized spacial score (nSPS) is 21.6. The molecule has 6 nitrogen and oxygen atoms in total. The van der Waals surface area contributed by atoms with E-state index < -0.39 is 17.0 Å². The minimum absolute atomic E-state index is 0.00581. The van der Waals surface area contributed by atoms with Crippen LogP contribution in [0.3, 0.4) is 0 Å². The van der Waals surface area contributed by atoms with Crippen LogP contribution in [0.2, 0.25) is 5.02 Å². The quantitative estimate of drug-likeness (QED) is 0.425. The van der Waals surface area contributed by atoms with E-state index in [0.717, 1.165) is 36.6 Å². The Bertz CT molecular complexity index is 1390. The number of ether oxygens (including phenoxy) is 1. The van der Waals surface area contributed by atoms with Crippen molar-refractivity contribution in [2.45, 2.75) is 64.1 Å². The molecule has 2 aromatic carbocycles. The standard InChI is InChI=1S/C29H31ClFNO5/c1-18-22-9-8-21(36-17-19-5-4-7-24(31)27(19)30)15-25(22)37-28(34)23(18)10-11-26(33)32-14-13-29(35)12-3-2-6-20(29)16-32/h4-5,7-9,15,20,35H,2-3,6,10-14,16-17H2,1H3/t20-,29+/m1/s1.